The molecule has 2 N–H and O–H groups in total. The second kappa shape index (κ2) is 8.90. The summed E-state index contributed by atoms with van der Waals surface area (Å²) in [5.74, 6) is 0.219. The molecule has 29 heavy (non-hydrogen) atoms. The van der Waals surface area contributed by atoms with Gasteiger partial charge in [-0.15, -0.1) is 0 Å². The normalized spacial score (nSPS) is 11.9. The number of aromatic nitrogens is 2. The number of nitrogens with one attached hydrogen (secondary N) is 2. The van der Waals surface area contributed by atoms with E-state index in [1.165, 1.54) is 11.6 Å². The van der Waals surface area contributed by atoms with Crippen molar-refractivity contribution in [1.82, 2.24) is 9.78 Å². The molecule has 2 aromatic carbocycles. The van der Waals surface area contributed by atoms with E-state index in [1.54, 1.807) is 22.9 Å². The zero-order valence-electron chi connectivity index (χ0n) is 17.3. The van der Waals surface area contributed by atoms with Crippen molar-refractivity contribution in [1.29, 1.82) is 0 Å². The summed E-state index contributed by atoms with van der Waals surface area (Å²) in [5, 5.41) is 10.2. The molecule has 1 unspecified atom stereocenters. The monoisotopic (exact) mass is 394 g/mol. The Hall–Kier alpha value is -3.15. The molecule has 1 atom stereocenters. The molecule has 0 saturated heterocycles. The van der Waals surface area contributed by atoms with Gasteiger partial charge in [0.15, 0.2) is 0 Å². The molecule has 6 heteroatoms. The van der Waals surface area contributed by atoms with Crippen molar-refractivity contribution in [3.63, 3.8) is 0 Å². The number of amides is 2. The van der Waals surface area contributed by atoms with Crippen molar-refractivity contribution >= 4 is 17.4 Å². The molecule has 0 bridgehead atoms. The van der Waals surface area contributed by atoms with Crippen molar-refractivity contribution in [3.05, 3.63) is 76.9 Å². The Kier molecular flexibility index (Phi) is 6.32. The molecule has 0 fully saturated rings. The molecule has 2 amide bonds. The van der Waals surface area contributed by atoms with Gasteiger partial charge in [0.1, 0.15) is 5.82 Å². The van der Waals surface area contributed by atoms with Crippen molar-refractivity contribution in [2.45, 2.75) is 46.6 Å². The van der Waals surface area contributed by atoms with Crippen LogP contribution in [0.15, 0.2) is 48.5 Å². The van der Waals surface area contributed by atoms with E-state index >= 15 is 0 Å². The van der Waals surface area contributed by atoms with Gasteiger partial charge >= 0.3 is 6.03 Å². The SMILES string of the molecule is CCC(C)c1ccc(NC(=O)Nc2c(C)nn(Cc3ccccc3F)c2C)cc1. The standard InChI is InChI=1S/C23H27FN4O/c1-5-15(2)18-10-12-20(13-11-18)25-23(29)26-22-16(3)27-28(17(22)4)14-19-8-6-7-9-21(19)24/h6-13,15H,5,14H2,1-4H3,(H2,25,26,29). The molecule has 0 saturated carbocycles. The summed E-state index contributed by atoms with van der Waals surface area (Å²) in [4.78, 5) is 12.5. The van der Waals surface area contributed by atoms with Gasteiger partial charge in [0, 0.05) is 11.3 Å². The van der Waals surface area contributed by atoms with Crippen molar-refractivity contribution in [2.75, 3.05) is 10.6 Å². The number of hydrogen-bond acceptors (Lipinski definition) is 2. The van der Waals surface area contributed by atoms with Gasteiger partial charge in [-0.05, 0) is 49.9 Å². The lowest BCUT2D eigenvalue weighted by atomic mass is 9.99. The van der Waals surface area contributed by atoms with Crippen LogP contribution in [0.2, 0.25) is 0 Å². The van der Waals surface area contributed by atoms with E-state index in [4.69, 9.17) is 0 Å². The van der Waals surface area contributed by atoms with Crippen LogP contribution < -0.4 is 10.6 Å². The zero-order valence-corrected chi connectivity index (χ0v) is 17.3. The molecule has 0 aliphatic heterocycles. The Morgan fingerprint density at radius 3 is 2.45 bits per heavy atom. The van der Waals surface area contributed by atoms with Gasteiger partial charge < -0.3 is 10.6 Å². The molecule has 5 nitrogen and oxygen atoms in total. The maximum absolute atomic E-state index is 13.9. The highest BCUT2D eigenvalue weighted by Crippen LogP contribution is 2.23. The minimum Gasteiger partial charge on any atom is -0.308 e. The van der Waals surface area contributed by atoms with Gasteiger partial charge in [-0.2, -0.15) is 5.10 Å². The number of rotatable bonds is 6. The van der Waals surface area contributed by atoms with Crippen LogP contribution in [-0.4, -0.2) is 15.8 Å². The number of urea groups is 1. The van der Waals surface area contributed by atoms with E-state index in [-0.39, 0.29) is 11.8 Å². The fraction of sp³-hybridized carbons (Fsp3) is 0.304. The summed E-state index contributed by atoms with van der Waals surface area (Å²) in [6, 6.07) is 14.2. The zero-order chi connectivity index (χ0) is 21.0. The summed E-state index contributed by atoms with van der Waals surface area (Å²) in [6.45, 7) is 8.32. The number of hydrogen-bond donors (Lipinski definition) is 2. The van der Waals surface area contributed by atoms with Gasteiger partial charge in [0.05, 0.1) is 23.6 Å². The first-order chi connectivity index (χ1) is 13.9. The molecular weight excluding hydrogens is 367 g/mol. The predicted molar refractivity (Wildman–Crippen MR) is 115 cm³/mol. The Bertz CT molecular complexity index is 995. The van der Waals surface area contributed by atoms with E-state index < -0.39 is 0 Å². The second-order valence-electron chi connectivity index (χ2n) is 7.31. The number of carbonyl (C=O) groups excluding carboxylic acids is 1. The van der Waals surface area contributed by atoms with E-state index in [2.05, 4.69) is 29.6 Å². The average molecular weight is 394 g/mol. The fourth-order valence-corrected chi connectivity index (χ4v) is 3.23. The Labute approximate surface area is 170 Å². The van der Waals surface area contributed by atoms with Crippen LogP contribution in [0, 0.1) is 19.7 Å². The number of anilines is 2. The summed E-state index contributed by atoms with van der Waals surface area (Å²) < 4.78 is 15.6. The highest BCUT2D eigenvalue weighted by Gasteiger charge is 2.15. The van der Waals surface area contributed by atoms with Crippen LogP contribution in [0.5, 0.6) is 0 Å². The lowest BCUT2D eigenvalue weighted by Crippen LogP contribution is -2.20. The molecule has 152 valence electrons. The predicted octanol–water partition coefficient (Wildman–Crippen LogP) is 5.84. The van der Waals surface area contributed by atoms with Crippen LogP contribution in [0.3, 0.4) is 0 Å². The lowest BCUT2D eigenvalue weighted by molar-refractivity contribution is 0.262. The van der Waals surface area contributed by atoms with E-state index in [0.717, 1.165) is 17.8 Å². The Balaban J connectivity index is 1.69. The van der Waals surface area contributed by atoms with Gasteiger partial charge in [0.25, 0.3) is 0 Å². The number of nitrogens with zero attached hydrogens (tertiary/aromatic N) is 2. The molecular formula is C23H27FN4O. The van der Waals surface area contributed by atoms with Gasteiger partial charge in [0.2, 0.25) is 0 Å². The number of aryl methyl sites for hydroxylation is 1. The molecule has 3 rings (SSSR count). The first-order valence-corrected chi connectivity index (χ1v) is 9.84. The van der Waals surface area contributed by atoms with Crippen molar-refractivity contribution in [2.24, 2.45) is 0 Å². The second-order valence-corrected chi connectivity index (χ2v) is 7.31. The number of carbonyl (C=O) groups is 1. The Morgan fingerprint density at radius 1 is 1.10 bits per heavy atom. The first kappa shape index (κ1) is 20.6. The summed E-state index contributed by atoms with van der Waals surface area (Å²) in [5.41, 5.74) is 4.61. The minimum absolute atomic E-state index is 0.270. The molecule has 0 aliphatic carbocycles. The largest absolute Gasteiger partial charge is 0.323 e. The highest BCUT2D eigenvalue weighted by molar-refractivity contribution is 6.00. The average Bonchev–Trinajstić information content (AvgIpc) is 2.97. The Morgan fingerprint density at radius 2 is 1.79 bits per heavy atom. The van der Waals surface area contributed by atoms with E-state index in [1.807, 2.05) is 38.1 Å². The first-order valence-electron chi connectivity index (χ1n) is 9.84. The summed E-state index contributed by atoms with van der Waals surface area (Å²) in [6.07, 6.45) is 1.07. The van der Waals surface area contributed by atoms with Crippen LogP contribution in [0.4, 0.5) is 20.6 Å². The summed E-state index contributed by atoms with van der Waals surface area (Å²) in [7, 11) is 0. The van der Waals surface area contributed by atoms with Gasteiger partial charge in [-0.1, -0.05) is 44.2 Å². The third-order valence-corrected chi connectivity index (χ3v) is 5.25. The lowest BCUT2D eigenvalue weighted by Gasteiger charge is -2.11. The van der Waals surface area contributed by atoms with Crippen LogP contribution in [-0.2, 0) is 6.54 Å². The molecule has 3 aromatic rings. The third-order valence-electron chi connectivity index (χ3n) is 5.25. The van der Waals surface area contributed by atoms with Crippen molar-refractivity contribution < 1.29 is 9.18 Å². The van der Waals surface area contributed by atoms with Gasteiger partial charge in [-0.3, -0.25) is 4.68 Å². The number of halogens is 1. The fourth-order valence-electron chi connectivity index (χ4n) is 3.23. The molecule has 1 heterocycles. The van der Waals surface area contributed by atoms with Crippen LogP contribution in [0.1, 0.15) is 48.7 Å². The maximum Gasteiger partial charge on any atom is 0.323 e. The van der Waals surface area contributed by atoms with Gasteiger partial charge in [-0.25, -0.2) is 9.18 Å². The highest BCUT2D eigenvalue weighted by atomic mass is 19.1. The van der Waals surface area contributed by atoms with Crippen LogP contribution >= 0.6 is 0 Å². The van der Waals surface area contributed by atoms with E-state index in [9.17, 15) is 9.18 Å². The maximum atomic E-state index is 13.9. The molecule has 0 radical (unpaired) electrons. The van der Waals surface area contributed by atoms with Crippen LogP contribution in [0.25, 0.3) is 0 Å². The molecule has 1 aromatic heterocycles. The quantitative estimate of drug-likeness (QED) is 0.551. The third kappa shape index (κ3) is 4.83. The summed E-state index contributed by atoms with van der Waals surface area (Å²) >= 11 is 0. The molecule has 0 spiro atoms. The van der Waals surface area contributed by atoms with Crippen molar-refractivity contribution in [3.8, 4) is 0 Å². The van der Waals surface area contributed by atoms with E-state index in [0.29, 0.717) is 29.4 Å². The number of benzene rings is 2. The smallest absolute Gasteiger partial charge is 0.308 e. The minimum atomic E-state index is -0.335. The molecule has 0 aliphatic rings. The topological polar surface area (TPSA) is 59.0 Å².